The Kier molecular flexibility index (Phi) is 6.45. The molecule has 0 aromatic carbocycles. The first-order valence-corrected chi connectivity index (χ1v) is 8.46. The summed E-state index contributed by atoms with van der Waals surface area (Å²) in [7, 11) is 0. The highest BCUT2D eigenvalue weighted by Crippen LogP contribution is 2.20. The zero-order valence-electron chi connectivity index (χ0n) is 13.6. The van der Waals surface area contributed by atoms with Crippen molar-refractivity contribution >= 4 is 5.91 Å². The number of ether oxygens (including phenoxy) is 1. The van der Waals surface area contributed by atoms with Crippen molar-refractivity contribution in [3.05, 3.63) is 0 Å². The molecule has 2 fully saturated rings. The number of morpholine rings is 1. The van der Waals surface area contributed by atoms with Crippen LogP contribution in [0.5, 0.6) is 0 Å². The van der Waals surface area contributed by atoms with E-state index in [1.807, 2.05) is 4.90 Å². The van der Waals surface area contributed by atoms with Crippen molar-refractivity contribution in [3.8, 4) is 0 Å². The summed E-state index contributed by atoms with van der Waals surface area (Å²) >= 11 is 0. The molecule has 5 heteroatoms. The summed E-state index contributed by atoms with van der Waals surface area (Å²) < 4.78 is 5.39. The van der Waals surface area contributed by atoms with Gasteiger partial charge in [-0.1, -0.05) is 20.3 Å². The van der Waals surface area contributed by atoms with Gasteiger partial charge in [-0.2, -0.15) is 0 Å². The van der Waals surface area contributed by atoms with E-state index in [4.69, 9.17) is 10.5 Å². The van der Waals surface area contributed by atoms with E-state index < -0.39 is 0 Å². The Hall–Kier alpha value is -0.650. The van der Waals surface area contributed by atoms with E-state index in [1.54, 1.807) is 0 Å². The SMILES string of the molecule is CCC(C)[C@H](N)C(=O)N1CCC(CN2CCOCC2)CC1. The first-order valence-electron chi connectivity index (χ1n) is 8.46. The van der Waals surface area contributed by atoms with Gasteiger partial charge < -0.3 is 15.4 Å². The van der Waals surface area contributed by atoms with Crippen molar-refractivity contribution in [2.24, 2.45) is 17.6 Å². The Labute approximate surface area is 128 Å². The molecule has 0 aromatic rings. The van der Waals surface area contributed by atoms with Crippen LogP contribution in [0.3, 0.4) is 0 Å². The first kappa shape index (κ1) is 16.7. The smallest absolute Gasteiger partial charge is 0.239 e. The van der Waals surface area contributed by atoms with Gasteiger partial charge in [0, 0.05) is 32.7 Å². The summed E-state index contributed by atoms with van der Waals surface area (Å²) in [6.07, 6.45) is 3.17. The van der Waals surface area contributed by atoms with Gasteiger partial charge in [-0.25, -0.2) is 0 Å². The fourth-order valence-electron chi connectivity index (χ4n) is 3.19. The van der Waals surface area contributed by atoms with Crippen molar-refractivity contribution in [2.45, 2.75) is 39.2 Å². The molecule has 2 atom stereocenters. The van der Waals surface area contributed by atoms with Crippen LogP contribution in [-0.2, 0) is 9.53 Å². The van der Waals surface area contributed by atoms with Gasteiger partial charge in [-0.3, -0.25) is 9.69 Å². The zero-order valence-corrected chi connectivity index (χ0v) is 13.6. The molecule has 0 aliphatic carbocycles. The number of carbonyl (C=O) groups is 1. The highest BCUT2D eigenvalue weighted by Gasteiger charge is 2.29. The third-order valence-corrected chi connectivity index (χ3v) is 5.09. The predicted octanol–water partition coefficient (Wildman–Crippen LogP) is 0.931. The van der Waals surface area contributed by atoms with Crippen molar-refractivity contribution in [1.82, 2.24) is 9.80 Å². The molecule has 2 aliphatic heterocycles. The van der Waals surface area contributed by atoms with E-state index in [0.29, 0.717) is 5.92 Å². The molecule has 122 valence electrons. The maximum absolute atomic E-state index is 12.4. The second-order valence-electron chi connectivity index (χ2n) is 6.59. The predicted molar refractivity (Wildman–Crippen MR) is 84.0 cm³/mol. The Morgan fingerprint density at radius 3 is 2.43 bits per heavy atom. The van der Waals surface area contributed by atoms with E-state index in [9.17, 15) is 4.79 Å². The van der Waals surface area contributed by atoms with Crippen LogP contribution in [0.2, 0.25) is 0 Å². The highest BCUT2D eigenvalue weighted by molar-refractivity contribution is 5.82. The summed E-state index contributed by atoms with van der Waals surface area (Å²) in [5.74, 6) is 1.13. The molecule has 2 saturated heterocycles. The molecule has 0 radical (unpaired) electrons. The van der Waals surface area contributed by atoms with Crippen molar-refractivity contribution in [2.75, 3.05) is 45.9 Å². The Balaban J connectivity index is 1.73. The van der Waals surface area contributed by atoms with Crippen LogP contribution in [0.1, 0.15) is 33.1 Å². The number of hydrogen-bond donors (Lipinski definition) is 1. The van der Waals surface area contributed by atoms with E-state index in [0.717, 1.165) is 65.2 Å². The molecule has 2 heterocycles. The molecule has 1 unspecified atom stereocenters. The monoisotopic (exact) mass is 297 g/mol. The minimum atomic E-state index is -0.328. The number of carbonyl (C=O) groups excluding carboxylic acids is 1. The van der Waals surface area contributed by atoms with Crippen LogP contribution in [0.25, 0.3) is 0 Å². The largest absolute Gasteiger partial charge is 0.379 e. The standard InChI is InChI=1S/C16H31N3O2/c1-3-13(2)15(17)16(20)19-6-4-14(5-7-19)12-18-8-10-21-11-9-18/h13-15H,3-12,17H2,1-2H3/t13?,15-/m0/s1. The average Bonchev–Trinajstić information content (AvgIpc) is 2.54. The van der Waals surface area contributed by atoms with Gasteiger partial charge in [-0.05, 0) is 24.7 Å². The van der Waals surface area contributed by atoms with Crippen LogP contribution in [0.4, 0.5) is 0 Å². The lowest BCUT2D eigenvalue weighted by Gasteiger charge is -2.37. The summed E-state index contributed by atoms with van der Waals surface area (Å²) in [6, 6.07) is -0.328. The van der Waals surface area contributed by atoms with E-state index >= 15 is 0 Å². The van der Waals surface area contributed by atoms with Crippen LogP contribution >= 0.6 is 0 Å². The second kappa shape index (κ2) is 8.11. The number of amides is 1. The molecule has 5 nitrogen and oxygen atoms in total. The number of hydrogen-bond acceptors (Lipinski definition) is 4. The van der Waals surface area contributed by atoms with Crippen molar-refractivity contribution in [1.29, 1.82) is 0 Å². The fraction of sp³-hybridized carbons (Fsp3) is 0.938. The molecule has 0 aromatic heterocycles. The second-order valence-corrected chi connectivity index (χ2v) is 6.59. The molecule has 0 spiro atoms. The van der Waals surface area contributed by atoms with Crippen molar-refractivity contribution < 1.29 is 9.53 Å². The first-order chi connectivity index (χ1) is 10.1. The lowest BCUT2D eigenvalue weighted by molar-refractivity contribution is -0.135. The molecule has 1 amide bonds. The number of likely N-dealkylation sites (tertiary alicyclic amines) is 1. The number of rotatable bonds is 5. The zero-order chi connectivity index (χ0) is 15.2. The summed E-state index contributed by atoms with van der Waals surface area (Å²) in [6.45, 7) is 10.9. The van der Waals surface area contributed by atoms with Crippen LogP contribution < -0.4 is 5.73 Å². The van der Waals surface area contributed by atoms with Crippen LogP contribution in [0, 0.1) is 11.8 Å². The van der Waals surface area contributed by atoms with E-state index in [1.165, 1.54) is 0 Å². The maximum atomic E-state index is 12.4. The van der Waals surface area contributed by atoms with Gasteiger partial charge in [0.05, 0.1) is 19.3 Å². The van der Waals surface area contributed by atoms with Crippen molar-refractivity contribution in [3.63, 3.8) is 0 Å². The molecule has 0 saturated carbocycles. The summed E-state index contributed by atoms with van der Waals surface area (Å²) in [5.41, 5.74) is 6.07. The summed E-state index contributed by atoms with van der Waals surface area (Å²) in [5, 5.41) is 0. The Bertz CT molecular complexity index is 323. The lowest BCUT2D eigenvalue weighted by Crippen LogP contribution is -2.50. The van der Waals surface area contributed by atoms with E-state index in [-0.39, 0.29) is 17.9 Å². The third kappa shape index (κ3) is 4.66. The van der Waals surface area contributed by atoms with Gasteiger partial charge in [0.1, 0.15) is 0 Å². The molecular weight excluding hydrogens is 266 g/mol. The van der Waals surface area contributed by atoms with Crippen LogP contribution in [0.15, 0.2) is 0 Å². The minimum Gasteiger partial charge on any atom is -0.379 e. The molecule has 0 bridgehead atoms. The van der Waals surface area contributed by atoms with Gasteiger partial charge in [0.2, 0.25) is 5.91 Å². The van der Waals surface area contributed by atoms with Gasteiger partial charge in [0.25, 0.3) is 0 Å². The molecule has 2 rings (SSSR count). The van der Waals surface area contributed by atoms with E-state index in [2.05, 4.69) is 18.7 Å². The average molecular weight is 297 g/mol. The van der Waals surface area contributed by atoms with Gasteiger partial charge >= 0.3 is 0 Å². The third-order valence-electron chi connectivity index (χ3n) is 5.09. The minimum absolute atomic E-state index is 0.147. The molecule has 2 aliphatic rings. The maximum Gasteiger partial charge on any atom is 0.239 e. The highest BCUT2D eigenvalue weighted by atomic mass is 16.5. The normalized spacial score (nSPS) is 24.8. The Morgan fingerprint density at radius 1 is 1.24 bits per heavy atom. The topological polar surface area (TPSA) is 58.8 Å². The van der Waals surface area contributed by atoms with Crippen LogP contribution in [-0.4, -0.2) is 67.7 Å². The lowest BCUT2D eigenvalue weighted by atomic mass is 9.93. The summed E-state index contributed by atoms with van der Waals surface area (Å²) in [4.78, 5) is 16.8. The number of nitrogens with two attached hydrogens (primary N) is 1. The Morgan fingerprint density at radius 2 is 1.86 bits per heavy atom. The molecule has 21 heavy (non-hydrogen) atoms. The molecule has 2 N–H and O–H groups in total. The fourth-order valence-corrected chi connectivity index (χ4v) is 3.19. The number of nitrogens with zero attached hydrogens (tertiary/aromatic N) is 2. The number of piperidine rings is 1. The quantitative estimate of drug-likeness (QED) is 0.820. The van der Waals surface area contributed by atoms with Gasteiger partial charge in [0.15, 0.2) is 0 Å². The van der Waals surface area contributed by atoms with Gasteiger partial charge in [-0.15, -0.1) is 0 Å². The molecular formula is C16H31N3O2.